The molecule has 1 aromatic rings. The van der Waals surface area contributed by atoms with Crippen LogP contribution in [0, 0.1) is 0 Å². The second-order valence-electron chi connectivity index (χ2n) is 4.88. The summed E-state index contributed by atoms with van der Waals surface area (Å²) in [5.41, 5.74) is -0.0901. The fourth-order valence-electron chi connectivity index (χ4n) is 1.99. The number of rotatable bonds is 7. The van der Waals surface area contributed by atoms with E-state index in [9.17, 15) is 4.79 Å². The first-order valence-electron chi connectivity index (χ1n) is 6.65. The Bertz CT molecular complexity index is 439. The number of carbonyl (C=O) groups is 1. The van der Waals surface area contributed by atoms with Crippen LogP contribution in [-0.2, 0) is 0 Å². The normalized spacial score (nSPS) is 13.4. The van der Waals surface area contributed by atoms with E-state index >= 15 is 0 Å². The number of benzene rings is 1. The van der Waals surface area contributed by atoms with E-state index in [0.29, 0.717) is 23.5 Å². The molecule has 5 nitrogen and oxygen atoms in total. The van der Waals surface area contributed by atoms with Gasteiger partial charge in [-0.15, -0.1) is 0 Å². The molecule has 5 heteroatoms. The summed E-state index contributed by atoms with van der Waals surface area (Å²) in [4.78, 5) is 12.5. The Morgan fingerprint density at radius 3 is 2.25 bits per heavy atom. The van der Waals surface area contributed by atoms with Crippen LogP contribution in [-0.4, -0.2) is 37.4 Å². The lowest BCUT2D eigenvalue weighted by Gasteiger charge is -2.29. The zero-order valence-corrected chi connectivity index (χ0v) is 12.5. The first-order valence-corrected chi connectivity index (χ1v) is 6.65. The van der Waals surface area contributed by atoms with Crippen molar-refractivity contribution in [2.45, 2.75) is 32.2 Å². The number of aliphatic hydroxyl groups excluding tert-OH is 1. The SMILES string of the molecule is CCC(C)(CCO)NC(=O)c1c(OC)cccc1OC. The molecule has 1 rings (SSSR count). The zero-order chi connectivity index (χ0) is 15.2. The maximum atomic E-state index is 12.5. The third-order valence-electron chi connectivity index (χ3n) is 3.51. The van der Waals surface area contributed by atoms with Gasteiger partial charge in [-0.3, -0.25) is 4.79 Å². The van der Waals surface area contributed by atoms with Crippen LogP contribution < -0.4 is 14.8 Å². The monoisotopic (exact) mass is 281 g/mol. The molecule has 2 N–H and O–H groups in total. The van der Waals surface area contributed by atoms with Gasteiger partial charge in [-0.1, -0.05) is 13.0 Å². The van der Waals surface area contributed by atoms with Crippen LogP contribution in [0.3, 0.4) is 0 Å². The van der Waals surface area contributed by atoms with Crippen LogP contribution in [0.2, 0.25) is 0 Å². The van der Waals surface area contributed by atoms with Crippen LogP contribution in [0.1, 0.15) is 37.0 Å². The number of amides is 1. The Hall–Kier alpha value is -1.75. The van der Waals surface area contributed by atoms with Gasteiger partial charge in [0, 0.05) is 12.1 Å². The minimum Gasteiger partial charge on any atom is -0.496 e. The molecule has 0 aliphatic heterocycles. The van der Waals surface area contributed by atoms with E-state index < -0.39 is 5.54 Å². The average Bonchev–Trinajstić information content (AvgIpc) is 2.46. The van der Waals surface area contributed by atoms with E-state index in [-0.39, 0.29) is 12.5 Å². The van der Waals surface area contributed by atoms with Crippen molar-refractivity contribution in [1.82, 2.24) is 5.32 Å². The van der Waals surface area contributed by atoms with E-state index in [0.717, 1.165) is 6.42 Å². The van der Waals surface area contributed by atoms with Crippen molar-refractivity contribution in [3.8, 4) is 11.5 Å². The molecule has 0 aliphatic rings. The van der Waals surface area contributed by atoms with Crippen molar-refractivity contribution in [3.63, 3.8) is 0 Å². The molecule has 0 fully saturated rings. The summed E-state index contributed by atoms with van der Waals surface area (Å²) in [6.45, 7) is 3.89. The minimum atomic E-state index is -0.461. The summed E-state index contributed by atoms with van der Waals surface area (Å²) in [5, 5.41) is 12.1. The number of aliphatic hydroxyl groups is 1. The molecule has 1 atom stereocenters. The lowest BCUT2D eigenvalue weighted by atomic mass is 9.94. The summed E-state index contributed by atoms with van der Waals surface area (Å²) < 4.78 is 10.5. The zero-order valence-electron chi connectivity index (χ0n) is 12.5. The summed E-state index contributed by atoms with van der Waals surface area (Å²) in [7, 11) is 3.02. The molecule has 0 heterocycles. The van der Waals surface area contributed by atoms with Crippen LogP contribution in [0.25, 0.3) is 0 Å². The van der Waals surface area contributed by atoms with Gasteiger partial charge in [-0.2, -0.15) is 0 Å². The maximum Gasteiger partial charge on any atom is 0.259 e. The molecule has 0 aliphatic carbocycles. The standard InChI is InChI=1S/C15H23NO4/c1-5-15(2,9-10-17)16-14(18)13-11(19-3)7-6-8-12(13)20-4/h6-8,17H,5,9-10H2,1-4H3,(H,16,18). The van der Waals surface area contributed by atoms with Crippen molar-refractivity contribution in [2.24, 2.45) is 0 Å². The van der Waals surface area contributed by atoms with Gasteiger partial charge in [0.05, 0.1) is 14.2 Å². The number of ether oxygens (including phenoxy) is 2. The molecule has 1 unspecified atom stereocenters. The maximum absolute atomic E-state index is 12.5. The molecule has 20 heavy (non-hydrogen) atoms. The molecular weight excluding hydrogens is 258 g/mol. The van der Waals surface area contributed by atoms with E-state index in [4.69, 9.17) is 14.6 Å². The third-order valence-corrected chi connectivity index (χ3v) is 3.51. The van der Waals surface area contributed by atoms with Crippen LogP contribution in [0.15, 0.2) is 18.2 Å². The Balaban J connectivity index is 3.08. The summed E-state index contributed by atoms with van der Waals surface area (Å²) in [5.74, 6) is 0.658. The third kappa shape index (κ3) is 3.63. The molecule has 0 bridgehead atoms. The highest BCUT2D eigenvalue weighted by Crippen LogP contribution is 2.29. The predicted octanol–water partition coefficient (Wildman–Crippen LogP) is 1.98. The van der Waals surface area contributed by atoms with Gasteiger partial charge >= 0.3 is 0 Å². The highest BCUT2D eigenvalue weighted by atomic mass is 16.5. The molecule has 0 spiro atoms. The van der Waals surface area contributed by atoms with Crippen molar-refractivity contribution < 1.29 is 19.4 Å². The van der Waals surface area contributed by atoms with Crippen molar-refractivity contribution in [1.29, 1.82) is 0 Å². The van der Waals surface area contributed by atoms with Gasteiger partial charge < -0.3 is 19.9 Å². The summed E-state index contributed by atoms with van der Waals surface area (Å²) in [6.07, 6.45) is 1.21. The van der Waals surface area contributed by atoms with Gasteiger partial charge in [0.25, 0.3) is 5.91 Å². The van der Waals surface area contributed by atoms with E-state index in [1.54, 1.807) is 18.2 Å². The van der Waals surface area contributed by atoms with E-state index in [2.05, 4.69) is 5.32 Å². The van der Waals surface area contributed by atoms with Gasteiger partial charge in [-0.25, -0.2) is 0 Å². The van der Waals surface area contributed by atoms with Gasteiger partial charge in [-0.05, 0) is 31.9 Å². The molecule has 0 radical (unpaired) electrons. The number of hydrogen-bond donors (Lipinski definition) is 2. The smallest absolute Gasteiger partial charge is 0.259 e. The summed E-state index contributed by atoms with van der Waals surface area (Å²) >= 11 is 0. The largest absolute Gasteiger partial charge is 0.496 e. The average molecular weight is 281 g/mol. The Morgan fingerprint density at radius 2 is 1.85 bits per heavy atom. The van der Waals surface area contributed by atoms with Crippen molar-refractivity contribution in [2.75, 3.05) is 20.8 Å². The molecule has 0 saturated heterocycles. The van der Waals surface area contributed by atoms with E-state index in [1.165, 1.54) is 14.2 Å². The molecule has 112 valence electrons. The number of carbonyl (C=O) groups excluding carboxylic acids is 1. The second kappa shape index (κ2) is 7.14. The highest BCUT2D eigenvalue weighted by molar-refractivity contribution is 6.00. The van der Waals surface area contributed by atoms with Crippen molar-refractivity contribution in [3.05, 3.63) is 23.8 Å². The number of nitrogens with one attached hydrogen (secondary N) is 1. The van der Waals surface area contributed by atoms with Gasteiger partial charge in [0.2, 0.25) is 0 Å². The fourth-order valence-corrected chi connectivity index (χ4v) is 1.99. The van der Waals surface area contributed by atoms with Gasteiger partial charge in [0.15, 0.2) is 0 Å². The number of methoxy groups -OCH3 is 2. The molecule has 1 amide bonds. The van der Waals surface area contributed by atoms with Crippen molar-refractivity contribution >= 4 is 5.91 Å². The molecule has 0 saturated carbocycles. The topological polar surface area (TPSA) is 67.8 Å². The lowest BCUT2D eigenvalue weighted by Crippen LogP contribution is -2.46. The molecular formula is C15H23NO4. The molecule has 0 aromatic heterocycles. The summed E-state index contributed by atoms with van der Waals surface area (Å²) in [6, 6.07) is 5.20. The van der Waals surface area contributed by atoms with Gasteiger partial charge in [0.1, 0.15) is 17.1 Å². The van der Waals surface area contributed by atoms with Crippen LogP contribution in [0.4, 0.5) is 0 Å². The Kier molecular flexibility index (Phi) is 5.82. The first kappa shape index (κ1) is 16.3. The highest BCUT2D eigenvalue weighted by Gasteiger charge is 2.27. The Labute approximate surface area is 119 Å². The first-order chi connectivity index (χ1) is 9.51. The lowest BCUT2D eigenvalue weighted by molar-refractivity contribution is 0.0880. The van der Waals surface area contributed by atoms with Crippen LogP contribution in [0.5, 0.6) is 11.5 Å². The predicted molar refractivity (Wildman–Crippen MR) is 77.4 cm³/mol. The Morgan fingerprint density at radius 1 is 1.30 bits per heavy atom. The quantitative estimate of drug-likeness (QED) is 0.802. The molecule has 1 aromatic carbocycles. The second-order valence-corrected chi connectivity index (χ2v) is 4.88. The minimum absolute atomic E-state index is 0.0215. The van der Waals surface area contributed by atoms with Crippen LogP contribution >= 0.6 is 0 Å². The fraction of sp³-hybridized carbons (Fsp3) is 0.533. The number of hydrogen-bond acceptors (Lipinski definition) is 4. The van der Waals surface area contributed by atoms with E-state index in [1.807, 2.05) is 13.8 Å².